The van der Waals surface area contributed by atoms with Crippen LogP contribution in [-0.4, -0.2) is 19.2 Å². The molecule has 1 aromatic carbocycles. The first-order valence-corrected chi connectivity index (χ1v) is 6.60. The van der Waals surface area contributed by atoms with Gasteiger partial charge in [-0.15, -0.1) is 0 Å². The second kappa shape index (κ2) is 7.33. The van der Waals surface area contributed by atoms with Crippen LogP contribution < -0.4 is 10.1 Å². The maximum absolute atomic E-state index is 5.83. The number of hydrogen-bond acceptors (Lipinski definition) is 2. The Morgan fingerprint density at radius 1 is 1.18 bits per heavy atom. The summed E-state index contributed by atoms with van der Waals surface area (Å²) in [5.41, 5.74) is 2.60. The van der Waals surface area contributed by atoms with Crippen LogP contribution in [0.25, 0.3) is 0 Å². The summed E-state index contributed by atoms with van der Waals surface area (Å²) >= 11 is 0. The van der Waals surface area contributed by atoms with E-state index in [1.807, 2.05) is 0 Å². The summed E-state index contributed by atoms with van der Waals surface area (Å²) in [5.74, 6) is 0.977. The van der Waals surface area contributed by atoms with Gasteiger partial charge in [-0.2, -0.15) is 0 Å². The first-order valence-electron chi connectivity index (χ1n) is 6.60. The fraction of sp³-hybridized carbons (Fsp3) is 0.600. The minimum absolute atomic E-state index is 0.455. The molecule has 1 N–H and O–H groups in total. The standard InChI is InChI=1S/C15H25NO/c1-5-9-16-14(6-2)11-17-15-8-7-12(3)13(4)10-15/h7-8,10,14,16H,5-6,9,11H2,1-4H3. The van der Waals surface area contributed by atoms with Crippen LogP contribution in [0.5, 0.6) is 5.75 Å². The highest BCUT2D eigenvalue weighted by Gasteiger charge is 2.06. The minimum atomic E-state index is 0.455. The molecular weight excluding hydrogens is 210 g/mol. The van der Waals surface area contributed by atoms with E-state index in [1.54, 1.807) is 0 Å². The molecule has 0 saturated carbocycles. The lowest BCUT2D eigenvalue weighted by molar-refractivity contribution is 0.260. The van der Waals surface area contributed by atoms with Crippen LogP contribution in [0.2, 0.25) is 0 Å². The lowest BCUT2D eigenvalue weighted by Crippen LogP contribution is -2.34. The highest BCUT2D eigenvalue weighted by Crippen LogP contribution is 2.16. The van der Waals surface area contributed by atoms with E-state index >= 15 is 0 Å². The molecule has 0 spiro atoms. The lowest BCUT2D eigenvalue weighted by atomic mass is 10.1. The Kier molecular flexibility index (Phi) is 6.06. The van der Waals surface area contributed by atoms with Gasteiger partial charge in [0.25, 0.3) is 0 Å². The predicted octanol–water partition coefficient (Wildman–Crippen LogP) is 3.46. The van der Waals surface area contributed by atoms with Gasteiger partial charge in [0.1, 0.15) is 12.4 Å². The molecule has 2 nitrogen and oxygen atoms in total. The van der Waals surface area contributed by atoms with E-state index in [9.17, 15) is 0 Å². The van der Waals surface area contributed by atoms with Gasteiger partial charge in [-0.3, -0.25) is 0 Å². The molecule has 1 unspecified atom stereocenters. The quantitative estimate of drug-likeness (QED) is 0.781. The van der Waals surface area contributed by atoms with Gasteiger partial charge in [-0.05, 0) is 56.5 Å². The summed E-state index contributed by atoms with van der Waals surface area (Å²) in [6.07, 6.45) is 2.27. The third-order valence-corrected chi connectivity index (χ3v) is 3.11. The first kappa shape index (κ1) is 14.0. The normalized spacial score (nSPS) is 12.5. The Balaban J connectivity index is 2.45. The summed E-state index contributed by atoms with van der Waals surface area (Å²) in [5, 5.41) is 3.49. The van der Waals surface area contributed by atoms with E-state index in [4.69, 9.17) is 4.74 Å². The molecule has 1 aromatic rings. The lowest BCUT2D eigenvalue weighted by Gasteiger charge is -2.17. The van der Waals surface area contributed by atoms with Crippen LogP contribution in [0.4, 0.5) is 0 Å². The Morgan fingerprint density at radius 2 is 1.94 bits per heavy atom. The predicted molar refractivity (Wildman–Crippen MR) is 73.8 cm³/mol. The molecule has 0 aliphatic heterocycles. The van der Waals surface area contributed by atoms with Gasteiger partial charge in [0.05, 0.1) is 0 Å². The van der Waals surface area contributed by atoms with E-state index in [0.29, 0.717) is 6.04 Å². The van der Waals surface area contributed by atoms with Crippen molar-refractivity contribution in [2.45, 2.75) is 46.6 Å². The van der Waals surface area contributed by atoms with Crippen molar-refractivity contribution in [2.24, 2.45) is 0 Å². The summed E-state index contributed by atoms with van der Waals surface area (Å²) in [4.78, 5) is 0. The molecule has 0 heterocycles. The fourth-order valence-electron chi connectivity index (χ4n) is 1.67. The van der Waals surface area contributed by atoms with Gasteiger partial charge in [-0.1, -0.05) is 19.9 Å². The minimum Gasteiger partial charge on any atom is -0.492 e. The molecule has 0 aliphatic rings. The highest BCUT2D eigenvalue weighted by atomic mass is 16.5. The average molecular weight is 235 g/mol. The molecule has 0 aromatic heterocycles. The highest BCUT2D eigenvalue weighted by molar-refractivity contribution is 5.33. The molecule has 96 valence electrons. The first-order chi connectivity index (χ1) is 8.17. The topological polar surface area (TPSA) is 21.3 Å². The molecule has 0 fully saturated rings. The zero-order chi connectivity index (χ0) is 12.7. The van der Waals surface area contributed by atoms with Gasteiger partial charge in [0, 0.05) is 6.04 Å². The van der Waals surface area contributed by atoms with Crippen molar-refractivity contribution in [2.75, 3.05) is 13.2 Å². The summed E-state index contributed by atoms with van der Waals surface area (Å²) in [7, 11) is 0. The van der Waals surface area contributed by atoms with Crippen LogP contribution in [0, 0.1) is 13.8 Å². The molecule has 0 bridgehead atoms. The van der Waals surface area contributed by atoms with Crippen LogP contribution in [0.1, 0.15) is 37.8 Å². The van der Waals surface area contributed by atoms with Crippen LogP contribution in [0.3, 0.4) is 0 Å². The van der Waals surface area contributed by atoms with E-state index < -0.39 is 0 Å². The van der Waals surface area contributed by atoms with E-state index in [2.05, 4.69) is 51.2 Å². The van der Waals surface area contributed by atoms with Gasteiger partial charge in [-0.25, -0.2) is 0 Å². The van der Waals surface area contributed by atoms with Crippen LogP contribution in [-0.2, 0) is 0 Å². The second-order valence-corrected chi connectivity index (χ2v) is 4.62. The Morgan fingerprint density at radius 3 is 2.53 bits per heavy atom. The summed E-state index contributed by atoms with van der Waals surface area (Å²) < 4.78 is 5.83. The summed E-state index contributed by atoms with van der Waals surface area (Å²) in [6, 6.07) is 6.73. The Hall–Kier alpha value is -1.02. The van der Waals surface area contributed by atoms with E-state index in [-0.39, 0.29) is 0 Å². The fourth-order valence-corrected chi connectivity index (χ4v) is 1.67. The van der Waals surface area contributed by atoms with Gasteiger partial charge >= 0.3 is 0 Å². The number of aryl methyl sites for hydroxylation is 2. The molecule has 0 radical (unpaired) electrons. The number of ether oxygens (including phenoxy) is 1. The zero-order valence-corrected chi connectivity index (χ0v) is 11.5. The van der Waals surface area contributed by atoms with Gasteiger partial charge in [0.2, 0.25) is 0 Å². The molecule has 1 rings (SSSR count). The average Bonchev–Trinajstić information content (AvgIpc) is 2.34. The van der Waals surface area contributed by atoms with Crippen molar-refractivity contribution in [1.82, 2.24) is 5.32 Å². The molecular formula is C15H25NO. The third-order valence-electron chi connectivity index (χ3n) is 3.11. The van der Waals surface area contributed by atoms with Crippen molar-refractivity contribution in [3.8, 4) is 5.75 Å². The Bertz CT molecular complexity index is 336. The Labute approximate surface area is 105 Å². The number of rotatable bonds is 7. The van der Waals surface area contributed by atoms with Crippen molar-refractivity contribution < 1.29 is 4.74 Å². The van der Waals surface area contributed by atoms with Crippen molar-refractivity contribution in [3.05, 3.63) is 29.3 Å². The largest absolute Gasteiger partial charge is 0.492 e. The SMILES string of the molecule is CCCNC(CC)COc1ccc(C)c(C)c1. The second-order valence-electron chi connectivity index (χ2n) is 4.62. The van der Waals surface area contributed by atoms with Gasteiger partial charge < -0.3 is 10.1 Å². The maximum atomic E-state index is 5.83. The van der Waals surface area contributed by atoms with E-state index in [1.165, 1.54) is 17.5 Å². The monoisotopic (exact) mass is 235 g/mol. The maximum Gasteiger partial charge on any atom is 0.119 e. The van der Waals surface area contributed by atoms with Gasteiger partial charge in [0.15, 0.2) is 0 Å². The zero-order valence-electron chi connectivity index (χ0n) is 11.5. The molecule has 0 saturated heterocycles. The summed E-state index contributed by atoms with van der Waals surface area (Å²) in [6.45, 7) is 10.4. The molecule has 17 heavy (non-hydrogen) atoms. The van der Waals surface area contributed by atoms with Crippen molar-refractivity contribution >= 4 is 0 Å². The van der Waals surface area contributed by atoms with Crippen molar-refractivity contribution in [3.63, 3.8) is 0 Å². The van der Waals surface area contributed by atoms with Crippen molar-refractivity contribution in [1.29, 1.82) is 0 Å². The molecule has 0 aliphatic carbocycles. The number of benzene rings is 1. The molecule has 2 heteroatoms. The number of nitrogens with one attached hydrogen (secondary N) is 1. The van der Waals surface area contributed by atoms with E-state index in [0.717, 1.165) is 25.3 Å². The molecule has 1 atom stereocenters. The van der Waals surface area contributed by atoms with Crippen LogP contribution >= 0.6 is 0 Å². The van der Waals surface area contributed by atoms with Crippen LogP contribution in [0.15, 0.2) is 18.2 Å². The smallest absolute Gasteiger partial charge is 0.119 e. The number of hydrogen-bond donors (Lipinski definition) is 1. The molecule has 0 amide bonds. The third kappa shape index (κ3) is 4.78.